The van der Waals surface area contributed by atoms with Gasteiger partial charge in [0.25, 0.3) is 0 Å². The number of hydrogen-bond donors (Lipinski definition) is 1. The van der Waals surface area contributed by atoms with Crippen molar-refractivity contribution in [3.05, 3.63) is 47.0 Å². The van der Waals surface area contributed by atoms with E-state index in [-0.39, 0.29) is 18.1 Å². The molecule has 1 aromatic carbocycles. The fourth-order valence-electron chi connectivity index (χ4n) is 2.88. The molecule has 5 heteroatoms. The number of ether oxygens (including phenoxy) is 1. The monoisotopic (exact) mass is 287 g/mol. The highest BCUT2D eigenvalue weighted by molar-refractivity contribution is 5.90. The normalized spacial score (nSPS) is 22.3. The molecular weight excluding hydrogens is 270 g/mol. The number of fused-ring (bicyclic) bond motifs is 5. The van der Waals surface area contributed by atoms with E-state index in [1.54, 1.807) is 12.1 Å². The van der Waals surface area contributed by atoms with Crippen molar-refractivity contribution in [3.8, 4) is 0 Å². The molecule has 110 valence electrons. The fourth-order valence-corrected chi connectivity index (χ4v) is 2.88. The zero-order valence-electron chi connectivity index (χ0n) is 12.2. The number of carbonyl (C=O) groups is 2. The van der Waals surface area contributed by atoms with Crippen LogP contribution in [0.15, 0.2) is 30.4 Å². The summed E-state index contributed by atoms with van der Waals surface area (Å²) < 4.78 is 5.35. The van der Waals surface area contributed by atoms with E-state index in [0.717, 1.165) is 11.1 Å². The maximum atomic E-state index is 12.1. The SMILES string of the molecule is CC(C)(C)OC(=O)c1ccc2c(c1)C1C=CC2N1C(=O)O. The molecule has 2 heterocycles. The van der Waals surface area contributed by atoms with E-state index < -0.39 is 11.7 Å². The summed E-state index contributed by atoms with van der Waals surface area (Å²) in [4.78, 5) is 24.8. The molecule has 2 bridgehead atoms. The van der Waals surface area contributed by atoms with Gasteiger partial charge < -0.3 is 9.84 Å². The van der Waals surface area contributed by atoms with Crippen molar-refractivity contribution in [1.29, 1.82) is 0 Å². The quantitative estimate of drug-likeness (QED) is 0.635. The van der Waals surface area contributed by atoms with E-state index in [1.165, 1.54) is 4.90 Å². The molecule has 0 spiro atoms. The lowest BCUT2D eigenvalue weighted by Gasteiger charge is -2.20. The highest BCUT2D eigenvalue weighted by Gasteiger charge is 2.43. The Labute approximate surface area is 122 Å². The van der Waals surface area contributed by atoms with E-state index in [0.29, 0.717) is 5.56 Å². The summed E-state index contributed by atoms with van der Waals surface area (Å²) in [6.45, 7) is 5.44. The van der Waals surface area contributed by atoms with Crippen LogP contribution in [-0.2, 0) is 4.74 Å². The Morgan fingerprint density at radius 3 is 2.33 bits per heavy atom. The lowest BCUT2D eigenvalue weighted by atomic mass is 9.95. The van der Waals surface area contributed by atoms with Gasteiger partial charge in [-0.1, -0.05) is 18.2 Å². The van der Waals surface area contributed by atoms with Crippen molar-refractivity contribution < 1.29 is 19.4 Å². The van der Waals surface area contributed by atoms with Crippen molar-refractivity contribution in [3.63, 3.8) is 0 Å². The third-order valence-electron chi connectivity index (χ3n) is 3.65. The van der Waals surface area contributed by atoms with E-state index in [1.807, 2.05) is 39.0 Å². The third-order valence-corrected chi connectivity index (χ3v) is 3.65. The Bertz CT molecular complexity index is 657. The Morgan fingerprint density at radius 2 is 1.76 bits per heavy atom. The van der Waals surface area contributed by atoms with Crippen molar-refractivity contribution >= 4 is 12.1 Å². The van der Waals surface area contributed by atoms with Crippen molar-refractivity contribution in [1.82, 2.24) is 4.90 Å². The Hall–Kier alpha value is -2.30. The van der Waals surface area contributed by atoms with Gasteiger partial charge in [0, 0.05) is 0 Å². The van der Waals surface area contributed by atoms with Crippen LogP contribution in [-0.4, -0.2) is 27.7 Å². The molecule has 0 saturated carbocycles. The number of benzene rings is 1. The standard InChI is InChI=1S/C16H17NO4/c1-16(2,3)21-14(18)9-4-5-10-11(8-9)13-7-6-12(10)17(13)15(19)20/h4-8,12-13H,1-3H3,(H,19,20). The molecule has 1 aromatic rings. The number of rotatable bonds is 1. The van der Waals surface area contributed by atoms with Crippen molar-refractivity contribution in [2.24, 2.45) is 0 Å². The average Bonchev–Trinajstić information content (AvgIpc) is 2.92. The minimum atomic E-state index is -0.954. The summed E-state index contributed by atoms with van der Waals surface area (Å²) >= 11 is 0. The molecule has 1 amide bonds. The Balaban J connectivity index is 1.93. The van der Waals surface area contributed by atoms with Gasteiger partial charge in [-0.3, -0.25) is 4.90 Å². The van der Waals surface area contributed by atoms with E-state index in [4.69, 9.17) is 4.74 Å². The van der Waals surface area contributed by atoms with Gasteiger partial charge in [0.15, 0.2) is 0 Å². The van der Waals surface area contributed by atoms with Crippen molar-refractivity contribution in [2.75, 3.05) is 0 Å². The van der Waals surface area contributed by atoms with Gasteiger partial charge in [-0.05, 0) is 44.0 Å². The zero-order valence-corrected chi connectivity index (χ0v) is 12.2. The second-order valence-corrected chi connectivity index (χ2v) is 6.31. The first-order valence-electron chi connectivity index (χ1n) is 6.85. The van der Waals surface area contributed by atoms with Gasteiger partial charge in [0.05, 0.1) is 17.6 Å². The summed E-state index contributed by atoms with van der Waals surface area (Å²) in [5.74, 6) is -0.390. The van der Waals surface area contributed by atoms with Gasteiger partial charge in [-0.2, -0.15) is 0 Å². The van der Waals surface area contributed by atoms with Crippen LogP contribution in [0.5, 0.6) is 0 Å². The van der Waals surface area contributed by atoms with Crippen LogP contribution >= 0.6 is 0 Å². The molecule has 0 fully saturated rings. The summed E-state index contributed by atoms with van der Waals surface area (Å²) in [7, 11) is 0. The summed E-state index contributed by atoms with van der Waals surface area (Å²) in [5.41, 5.74) is 1.71. The van der Waals surface area contributed by atoms with Gasteiger partial charge >= 0.3 is 12.1 Å². The zero-order chi connectivity index (χ0) is 15.4. The lowest BCUT2D eigenvalue weighted by molar-refractivity contribution is 0.00694. The Morgan fingerprint density at radius 1 is 1.14 bits per heavy atom. The molecule has 1 N–H and O–H groups in total. The van der Waals surface area contributed by atoms with E-state index >= 15 is 0 Å². The van der Waals surface area contributed by atoms with Gasteiger partial charge in [0.1, 0.15) is 5.60 Å². The molecule has 3 rings (SSSR count). The number of carboxylic acid groups (broad SMARTS) is 1. The number of amides is 1. The summed E-state index contributed by atoms with van der Waals surface area (Å²) in [6, 6.07) is 4.72. The number of esters is 1. The highest BCUT2D eigenvalue weighted by Crippen LogP contribution is 2.48. The molecule has 5 nitrogen and oxygen atoms in total. The minimum absolute atomic E-state index is 0.241. The van der Waals surface area contributed by atoms with Gasteiger partial charge in [-0.25, -0.2) is 9.59 Å². The highest BCUT2D eigenvalue weighted by atomic mass is 16.6. The number of hydrogen-bond acceptors (Lipinski definition) is 3. The molecule has 21 heavy (non-hydrogen) atoms. The smallest absolute Gasteiger partial charge is 0.408 e. The summed E-state index contributed by atoms with van der Waals surface area (Å²) in [5, 5.41) is 9.29. The average molecular weight is 287 g/mol. The topological polar surface area (TPSA) is 66.8 Å². The van der Waals surface area contributed by atoms with Crippen LogP contribution in [0.3, 0.4) is 0 Å². The van der Waals surface area contributed by atoms with Gasteiger partial charge in [-0.15, -0.1) is 0 Å². The van der Waals surface area contributed by atoms with Crippen LogP contribution < -0.4 is 0 Å². The van der Waals surface area contributed by atoms with E-state index in [9.17, 15) is 14.7 Å². The lowest BCUT2D eigenvalue weighted by Crippen LogP contribution is -2.26. The molecule has 0 radical (unpaired) electrons. The molecule has 0 aliphatic carbocycles. The second kappa shape index (κ2) is 4.35. The third kappa shape index (κ3) is 2.18. The largest absolute Gasteiger partial charge is 0.465 e. The Kier molecular flexibility index (Phi) is 2.83. The molecule has 2 unspecified atom stereocenters. The maximum absolute atomic E-state index is 12.1. The molecule has 2 aliphatic rings. The minimum Gasteiger partial charge on any atom is -0.465 e. The van der Waals surface area contributed by atoms with Gasteiger partial charge in [0.2, 0.25) is 0 Å². The molecule has 0 aromatic heterocycles. The molecule has 2 aliphatic heterocycles. The second-order valence-electron chi connectivity index (χ2n) is 6.31. The first-order chi connectivity index (χ1) is 9.78. The predicted octanol–water partition coefficient (Wildman–Crippen LogP) is 3.29. The van der Waals surface area contributed by atoms with Crippen LogP contribution in [0.2, 0.25) is 0 Å². The van der Waals surface area contributed by atoms with Crippen LogP contribution in [0.1, 0.15) is 54.3 Å². The number of nitrogens with zero attached hydrogens (tertiary/aromatic N) is 1. The summed E-state index contributed by atoms with van der Waals surface area (Å²) in [6.07, 6.45) is 2.79. The molecule has 2 atom stereocenters. The van der Waals surface area contributed by atoms with Crippen LogP contribution in [0.25, 0.3) is 0 Å². The van der Waals surface area contributed by atoms with E-state index in [2.05, 4.69) is 0 Å². The fraction of sp³-hybridized carbons (Fsp3) is 0.375. The van der Waals surface area contributed by atoms with Crippen LogP contribution in [0.4, 0.5) is 4.79 Å². The predicted molar refractivity (Wildman–Crippen MR) is 76.1 cm³/mol. The first kappa shape index (κ1) is 13.7. The van der Waals surface area contributed by atoms with Crippen molar-refractivity contribution in [2.45, 2.75) is 38.5 Å². The molecular formula is C16H17NO4. The van der Waals surface area contributed by atoms with Crippen LogP contribution in [0, 0.1) is 0 Å². The maximum Gasteiger partial charge on any atom is 0.408 e. The first-order valence-corrected chi connectivity index (χ1v) is 6.85. The number of carbonyl (C=O) groups excluding carboxylic acids is 1. The molecule has 0 saturated heterocycles.